The first kappa shape index (κ1) is 16.1. The van der Waals surface area contributed by atoms with Crippen LogP contribution in [-0.2, 0) is 0 Å². The molecule has 3 rings (SSSR count). The molecule has 2 N–H and O–H groups in total. The molecule has 0 heterocycles. The Morgan fingerprint density at radius 3 is 2.00 bits per heavy atom. The van der Waals surface area contributed by atoms with Gasteiger partial charge in [-0.25, -0.2) is 0 Å². The normalized spacial score (nSPS) is 10.4. The Morgan fingerprint density at radius 2 is 1.33 bits per heavy atom. The first-order valence-corrected chi connectivity index (χ1v) is 8.15. The molecule has 4 heteroatoms. The van der Waals surface area contributed by atoms with Gasteiger partial charge < -0.3 is 5.73 Å². The second-order valence-electron chi connectivity index (χ2n) is 5.30. The van der Waals surface area contributed by atoms with Crippen molar-refractivity contribution in [3.05, 3.63) is 99.5 Å². The number of carbonyl (C=O) groups excluding carboxylic acids is 2. The lowest BCUT2D eigenvalue weighted by Crippen LogP contribution is -2.13. The van der Waals surface area contributed by atoms with E-state index in [-0.39, 0.29) is 17.1 Å². The minimum Gasteiger partial charge on any atom is -0.398 e. The number of nitrogen functional groups attached to an aromatic ring is 1. The van der Waals surface area contributed by atoms with Crippen LogP contribution in [0.1, 0.15) is 31.8 Å². The summed E-state index contributed by atoms with van der Waals surface area (Å²) in [5.41, 5.74) is 7.88. The summed E-state index contributed by atoms with van der Waals surface area (Å²) in [7, 11) is 0. The molecule has 0 aromatic heterocycles. The van der Waals surface area contributed by atoms with E-state index in [1.807, 2.05) is 6.07 Å². The number of carbonyl (C=O) groups is 2. The van der Waals surface area contributed by atoms with Gasteiger partial charge in [-0.1, -0.05) is 58.4 Å². The van der Waals surface area contributed by atoms with Crippen molar-refractivity contribution >= 4 is 33.2 Å². The molecule has 0 saturated carbocycles. The van der Waals surface area contributed by atoms with Crippen molar-refractivity contribution in [2.75, 3.05) is 5.73 Å². The first-order chi connectivity index (χ1) is 11.6. The van der Waals surface area contributed by atoms with E-state index in [0.717, 1.165) is 4.47 Å². The van der Waals surface area contributed by atoms with Crippen molar-refractivity contribution in [3.63, 3.8) is 0 Å². The fraction of sp³-hybridized carbons (Fsp3) is 0. The highest BCUT2D eigenvalue weighted by Crippen LogP contribution is 2.24. The third-order valence-electron chi connectivity index (χ3n) is 3.71. The van der Waals surface area contributed by atoms with Crippen molar-refractivity contribution < 1.29 is 9.59 Å². The molecule has 0 aliphatic rings. The number of ketones is 2. The summed E-state index contributed by atoms with van der Waals surface area (Å²) in [4.78, 5) is 25.7. The standard InChI is InChI=1S/C20H14BrNO2/c21-15-11-9-14(10-12-15)20(24)18-16(7-4-8-17(18)22)19(23)13-5-2-1-3-6-13/h1-12H,22H2. The van der Waals surface area contributed by atoms with Crippen molar-refractivity contribution in [3.8, 4) is 0 Å². The number of halogens is 1. The number of nitrogens with two attached hydrogens (primary N) is 1. The predicted molar refractivity (Wildman–Crippen MR) is 98.3 cm³/mol. The van der Waals surface area contributed by atoms with E-state index in [1.54, 1.807) is 66.7 Å². The second kappa shape index (κ2) is 6.81. The summed E-state index contributed by atoms with van der Waals surface area (Å²) in [5.74, 6) is -0.483. The Labute approximate surface area is 148 Å². The molecule has 3 nitrogen and oxygen atoms in total. The zero-order valence-corrected chi connectivity index (χ0v) is 14.3. The van der Waals surface area contributed by atoms with E-state index in [0.29, 0.717) is 22.4 Å². The number of anilines is 1. The summed E-state index contributed by atoms with van der Waals surface area (Å²) >= 11 is 3.34. The minimum atomic E-state index is -0.264. The molecule has 118 valence electrons. The van der Waals surface area contributed by atoms with Gasteiger partial charge in [-0.15, -0.1) is 0 Å². The number of hydrogen-bond acceptors (Lipinski definition) is 3. The highest BCUT2D eigenvalue weighted by molar-refractivity contribution is 9.10. The van der Waals surface area contributed by atoms with Crippen LogP contribution < -0.4 is 5.73 Å². The first-order valence-electron chi connectivity index (χ1n) is 7.36. The number of rotatable bonds is 4. The third kappa shape index (κ3) is 3.14. The Kier molecular flexibility index (Phi) is 4.58. The molecule has 0 spiro atoms. The van der Waals surface area contributed by atoms with Gasteiger partial charge in [0.1, 0.15) is 0 Å². The van der Waals surface area contributed by atoms with Crippen LogP contribution in [0.3, 0.4) is 0 Å². The predicted octanol–water partition coefficient (Wildman–Crippen LogP) is 4.49. The van der Waals surface area contributed by atoms with Crippen molar-refractivity contribution in [2.24, 2.45) is 0 Å². The molecule has 0 unspecified atom stereocenters. The fourth-order valence-electron chi connectivity index (χ4n) is 2.50. The zero-order chi connectivity index (χ0) is 17.1. The van der Waals surface area contributed by atoms with Gasteiger partial charge >= 0.3 is 0 Å². The topological polar surface area (TPSA) is 60.2 Å². The quantitative estimate of drug-likeness (QED) is 0.536. The molecule has 0 atom stereocenters. The summed E-state index contributed by atoms with van der Waals surface area (Å²) in [6.07, 6.45) is 0. The Hall–Kier alpha value is -2.72. The lowest BCUT2D eigenvalue weighted by atomic mass is 9.92. The molecule has 3 aromatic rings. The zero-order valence-electron chi connectivity index (χ0n) is 12.7. The van der Waals surface area contributed by atoms with E-state index in [1.165, 1.54) is 0 Å². The van der Waals surface area contributed by atoms with E-state index >= 15 is 0 Å². The number of benzene rings is 3. The largest absolute Gasteiger partial charge is 0.398 e. The fourth-order valence-corrected chi connectivity index (χ4v) is 2.77. The van der Waals surface area contributed by atoms with Gasteiger partial charge in [0.25, 0.3) is 0 Å². The second-order valence-corrected chi connectivity index (χ2v) is 6.22. The van der Waals surface area contributed by atoms with E-state index in [4.69, 9.17) is 5.73 Å². The van der Waals surface area contributed by atoms with Crippen LogP contribution in [0.15, 0.2) is 77.3 Å². The maximum absolute atomic E-state index is 12.9. The van der Waals surface area contributed by atoms with Crippen molar-refractivity contribution in [1.29, 1.82) is 0 Å². The summed E-state index contributed by atoms with van der Waals surface area (Å²) in [5, 5.41) is 0. The van der Waals surface area contributed by atoms with Crippen LogP contribution in [0.4, 0.5) is 5.69 Å². The molecular formula is C20H14BrNO2. The molecule has 0 amide bonds. The SMILES string of the molecule is Nc1cccc(C(=O)c2ccccc2)c1C(=O)c1ccc(Br)cc1. The summed E-state index contributed by atoms with van der Waals surface area (Å²) < 4.78 is 0.876. The minimum absolute atomic E-state index is 0.219. The molecule has 0 aliphatic heterocycles. The van der Waals surface area contributed by atoms with Gasteiger partial charge in [0.2, 0.25) is 0 Å². The van der Waals surface area contributed by atoms with Crippen LogP contribution in [0.2, 0.25) is 0 Å². The monoisotopic (exact) mass is 379 g/mol. The lowest BCUT2D eigenvalue weighted by molar-refractivity contribution is 0.100. The van der Waals surface area contributed by atoms with Crippen molar-refractivity contribution in [1.82, 2.24) is 0 Å². The highest BCUT2D eigenvalue weighted by Gasteiger charge is 2.21. The van der Waals surface area contributed by atoms with Gasteiger partial charge in [-0.2, -0.15) is 0 Å². The van der Waals surface area contributed by atoms with Crippen LogP contribution >= 0.6 is 15.9 Å². The van der Waals surface area contributed by atoms with Gasteiger partial charge in [-0.05, 0) is 30.3 Å². The molecular weight excluding hydrogens is 366 g/mol. The highest BCUT2D eigenvalue weighted by atomic mass is 79.9. The summed E-state index contributed by atoms with van der Waals surface area (Å²) in [6.45, 7) is 0. The molecule has 0 saturated heterocycles. The van der Waals surface area contributed by atoms with E-state index in [9.17, 15) is 9.59 Å². The Balaban J connectivity index is 2.10. The van der Waals surface area contributed by atoms with E-state index < -0.39 is 0 Å². The van der Waals surface area contributed by atoms with Gasteiger partial charge in [0.15, 0.2) is 11.6 Å². The van der Waals surface area contributed by atoms with Gasteiger partial charge in [-0.3, -0.25) is 9.59 Å². The van der Waals surface area contributed by atoms with Crippen LogP contribution in [0.25, 0.3) is 0 Å². The molecule has 0 fully saturated rings. The molecule has 0 bridgehead atoms. The lowest BCUT2D eigenvalue weighted by Gasteiger charge is -2.11. The maximum Gasteiger partial charge on any atom is 0.195 e. The molecule has 3 aromatic carbocycles. The molecule has 24 heavy (non-hydrogen) atoms. The van der Waals surface area contributed by atoms with E-state index in [2.05, 4.69) is 15.9 Å². The smallest absolute Gasteiger partial charge is 0.195 e. The third-order valence-corrected chi connectivity index (χ3v) is 4.24. The molecule has 0 aliphatic carbocycles. The van der Waals surface area contributed by atoms with Crippen molar-refractivity contribution in [2.45, 2.75) is 0 Å². The van der Waals surface area contributed by atoms with Crippen LogP contribution in [-0.4, -0.2) is 11.6 Å². The van der Waals surface area contributed by atoms with Crippen LogP contribution in [0, 0.1) is 0 Å². The number of hydrogen-bond donors (Lipinski definition) is 1. The Bertz CT molecular complexity index is 903. The average molecular weight is 380 g/mol. The average Bonchev–Trinajstić information content (AvgIpc) is 2.61. The molecule has 0 radical (unpaired) electrons. The Morgan fingerprint density at radius 1 is 0.708 bits per heavy atom. The summed E-state index contributed by atoms with van der Waals surface area (Å²) in [6, 6.07) is 20.8. The maximum atomic E-state index is 12.9. The van der Waals surface area contributed by atoms with Gasteiger partial charge in [0, 0.05) is 26.9 Å². The van der Waals surface area contributed by atoms with Crippen LogP contribution in [0.5, 0.6) is 0 Å². The van der Waals surface area contributed by atoms with Gasteiger partial charge in [0.05, 0.1) is 5.56 Å².